The number of ether oxygens (including phenoxy) is 2. The summed E-state index contributed by atoms with van der Waals surface area (Å²) in [5.74, 6) is 0.505. The zero-order valence-corrected chi connectivity index (χ0v) is 14.2. The van der Waals surface area contributed by atoms with Gasteiger partial charge in [-0.25, -0.2) is 4.79 Å². The van der Waals surface area contributed by atoms with Crippen molar-refractivity contribution in [2.75, 3.05) is 7.05 Å². The number of carboxylic acids is 1. The molecule has 0 bridgehead atoms. The molecule has 2 heterocycles. The molecular formula is C18H19NO6. The fourth-order valence-corrected chi connectivity index (χ4v) is 2.75. The molecule has 1 aliphatic rings. The number of carboxylic acid groups (broad SMARTS) is 1. The van der Waals surface area contributed by atoms with Crippen molar-refractivity contribution in [3.05, 3.63) is 47.4 Å². The third-order valence-corrected chi connectivity index (χ3v) is 4.05. The topological polar surface area (TPSA) is 89.2 Å². The van der Waals surface area contributed by atoms with E-state index in [-0.39, 0.29) is 18.0 Å². The highest BCUT2D eigenvalue weighted by atomic mass is 16.6. The SMILES string of the molecule is Cc1oc(CN(C)C(=O)[C@@H]2Oc3ccccc3O[C@H]2C)cc1C(=O)O. The van der Waals surface area contributed by atoms with Gasteiger partial charge in [-0.05, 0) is 32.0 Å². The third kappa shape index (κ3) is 3.31. The van der Waals surface area contributed by atoms with Crippen LogP contribution in [0.25, 0.3) is 0 Å². The molecule has 0 aliphatic carbocycles. The van der Waals surface area contributed by atoms with Crippen LogP contribution in [0, 0.1) is 6.92 Å². The van der Waals surface area contributed by atoms with Gasteiger partial charge in [-0.2, -0.15) is 0 Å². The molecule has 0 saturated heterocycles. The normalized spacial score (nSPS) is 18.7. The highest BCUT2D eigenvalue weighted by Crippen LogP contribution is 2.34. The van der Waals surface area contributed by atoms with Gasteiger partial charge in [-0.1, -0.05) is 12.1 Å². The molecule has 2 atom stereocenters. The summed E-state index contributed by atoms with van der Waals surface area (Å²) in [5.41, 5.74) is 0.0930. The Balaban J connectivity index is 1.72. The summed E-state index contributed by atoms with van der Waals surface area (Å²) in [4.78, 5) is 25.2. The monoisotopic (exact) mass is 345 g/mol. The average molecular weight is 345 g/mol. The Labute approximate surface area is 144 Å². The number of aryl methyl sites for hydroxylation is 1. The van der Waals surface area contributed by atoms with E-state index in [0.717, 1.165) is 0 Å². The molecule has 1 amide bonds. The van der Waals surface area contributed by atoms with Crippen LogP contribution >= 0.6 is 0 Å². The number of benzene rings is 1. The quantitative estimate of drug-likeness (QED) is 0.916. The number of furan rings is 1. The molecule has 25 heavy (non-hydrogen) atoms. The number of para-hydroxylation sites is 2. The van der Waals surface area contributed by atoms with Crippen LogP contribution in [-0.4, -0.2) is 41.1 Å². The lowest BCUT2D eigenvalue weighted by Crippen LogP contribution is -2.49. The first-order chi connectivity index (χ1) is 11.9. The standard InChI is InChI=1S/C18H19NO6/c1-10-13(18(21)22)8-12(23-10)9-19(3)17(20)16-11(2)24-14-6-4-5-7-15(14)25-16/h4-8,11,16H,9H2,1-3H3,(H,21,22)/t11-,16+/m0/s1. The number of nitrogens with zero attached hydrogens (tertiary/aromatic N) is 1. The molecule has 1 N–H and O–H groups in total. The molecule has 1 aromatic carbocycles. The maximum Gasteiger partial charge on any atom is 0.339 e. The van der Waals surface area contributed by atoms with Crippen LogP contribution < -0.4 is 9.47 Å². The Morgan fingerprint density at radius 3 is 2.44 bits per heavy atom. The van der Waals surface area contributed by atoms with E-state index >= 15 is 0 Å². The van der Waals surface area contributed by atoms with Gasteiger partial charge in [0.25, 0.3) is 5.91 Å². The first-order valence-corrected chi connectivity index (χ1v) is 7.86. The molecule has 0 saturated carbocycles. The summed E-state index contributed by atoms with van der Waals surface area (Å²) in [7, 11) is 1.61. The van der Waals surface area contributed by atoms with Crippen LogP contribution in [0.2, 0.25) is 0 Å². The van der Waals surface area contributed by atoms with E-state index < -0.39 is 18.2 Å². The predicted molar refractivity (Wildman–Crippen MR) is 87.8 cm³/mol. The molecule has 1 aliphatic heterocycles. The number of rotatable bonds is 4. The van der Waals surface area contributed by atoms with Crippen LogP contribution in [0.1, 0.15) is 28.8 Å². The van der Waals surface area contributed by atoms with Crippen molar-refractivity contribution >= 4 is 11.9 Å². The fourth-order valence-electron chi connectivity index (χ4n) is 2.75. The van der Waals surface area contributed by atoms with Gasteiger partial charge in [0.05, 0.1) is 6.54 Å². The van der Waals surface area contributed by atoms with E-state index in [1.807, 2.05) is 12.1 Å². The van der Waals surface area contributed by atoms with E-state index in [1.54, 1.807) is 33.0 Å². The fraction of sp³-hybridized carbons (Fsp3) is 0.333. The molecule has 3 rings (SSSR count). The molecule has 0 unspecified atom stereocenters. The summed E-state index contributed by atoms with van der Waals surface area (Å²) < 4.78 is 17.0. The van der Waals surface area contributed by atoms with E-state index in [0.29, 0.717) is 23.0 Å². The summed E-state index contributed by atoms with van der Waals surface area (Å²) in [5, 5.41) is 9.08. The highest BCUT2D eigenvalue weighted by Gasteiger charge is 2.36. The van der Waals surface area contributed by atoms with Crippen molar-refractivity contribution in [2.24, 2.45) is 0 Å². The molecule has 7 heteroatoms. The van der Waals surface area contributed by atoms with Crippen LogP contribution in [-0.2, 0) is 11.3 Å². The molecule has 7 nitrogen and oxygen atoms in total. The number of hydrogen-bond donors (Lipinski definition) is 1. The van der Waals surface area contributed by atoms with Crippen molar-refractivity contribution in [1.82, 2.24) is 4.90 Å². The van der Waals surface area contributed by atoms with Gasteiger partial charge in [0.15, 0.2) is 11.5 Å². The number of fused-ring (bicyclic) bond motifs is 1. The Bertz CT molecular complexity index is 812. The summed E-state index contributed by atoms with van der Waals surface area (Å²) >= 11 is 0. The molecule has 132 valence electrons. The number of likely N-dealkylation sites (N-methyl/N-ethyl adjacent to an activating group) is 1. The first kappa shape index (κ1) is 16.9. The van der Waals surface area contributed by atoms with Gasteiger partial charge >= 0.3 is 5.97 Å². The number of carbonyl (C=O) groups is 2. The van der Waals surface area contributed by atoms with Gasteiger partial charge in [-0.3, -0.25) is 4.79 Å². The molecular weight excluding hydrogens is 326 g/mol. The van der Waals surface area contributed by atoms with Gasteiger partial charge in [-0.15, -0.1) is 0 Å². The van der Waals surface area contributed by atoms with Crippen LogP contribution in [0.3, 0.4) is 0 Å². The Hall–Kier alpha value is -2.96. The second-order valence-electron chi connectivity index (χ2n) is 5.99. The molecule has 0 fully saturated rings. The maximum absolute atomic E-state index is 12.7. The largest absolute Gasteiger partial charge is 0.482 e. The molecule has 1 aromatic heterocycles. The van der Waals surface area contributed by atoms with Crippen LogP contribution in [0.15, 0.2) is 34.7 Å². The first-order valence-electron chi connectivity index (χ1n) is 7.86. The molecule has 2 aromatic rings. The Kier molecular flexibility index (Phi) is 4.39. The predicted octanol–water partition coefficient (Wildman–Crippen LogP) is 2.47. The van der Waals surface area contributed by atoms with Gasteiger partial charge in [0.1, 0.15) is 23.2 Å². The maximum atomic E-state index is 12.7. The minimum Gasteiger partial charge on any atom is -0.482 e. The van der Waals surface area contributed by atoms with Crippen molar-refractivity contribution in [1.29, 1.82) is 0 Å². The van der Waals surface area contributed by atoms with E-state index in [2.05, 4.69) is 0 Å². The van der Waals surface area contributed by atoms with Crippen LogP contribution in [0.5, 0.6) is 11.5 Å². The lowest BCUT2D eigenvalue weighted by Gasteiger charge is -2.33. The van der Waals surface area contributed by atoms with Gasteiger partial charge < -0.3 is 23.9 Å². The van der Waals surface area contributed by atoms with Gasteiger partial charge in [0.2, 0.25) is 6.10 Å². The average Bonchev–Trinajstić information content (AvgIpc) is 2.94. The molecule has 0 spiro atoms. The number of carbonyl (C=O) groups excluding carboxylic acids is 1. The van der Waals surface area contributed by atoms with Crippen molar-refractivity contribution in [3.63, 3.8) is 0 Å². The van der Waals surface area contributed by atoms with Crippen molar-refractivity contribution < 1.29 is 28.6 Å². The third-order valence-electron chi connectivity index (χ3n) is 4.05. The van der Waals surface area contributed by atoms with E-state index in [9.17, 15) is 9.59 Å². The smallest absolute Gasteiger partial charge is 0.339 e. The number of amides is 1. The molecule has 0 radical (unpaired) electrons. The summed E-state index contributed by atoms with van der Waals surface area (Å²) in [6.07, 6.45) is -1.23. The second-order valence-corrected chi connectivity index (χ2v) is 5.99. The Morgan fingerprint density at radius 2 is 1.84 bits per heavy atom. The van der Waals surface area contributed by atoms with Crippen molar-refractivity contribution in [2.45, 2.75) is 32.6 Å². The lowest BCUT2D eigenvalue weighted by atomic mass is 10.1. The zero-order chi connectivity index (χ0) is 18.1. The van der Waals surface area contributed by atoms with Gasteiger partial charge in [0, 0.05) is 7.05 Å². The number of hydrogen-bond acceptors (Lipinski definition) is 5. The zero-order valence-electron chi connectivity index (χ0n) is 14.2. The minimum absolute atomic E-state index is 0.0930. The van der Waals surface area contributed by atoms with Crippen molar-refractivity contribution in [3.8, 4) is 11.5 Å². The summed E-state index contributed by atoms with van der Waals surface area (Å²) in [6.45, 7) is 3.49. The minimum atomic E-state index is -1.06. The van der Waals surface area contributed by atoms with E-state index in [1.165, 1.54) is 11.0 Å². The second kappa shape index (κ2) is 6.51. The summed E-state index contributed by atoms with van der Waals surface area (Å²) in [6, 6.07) is 8.61. The van der Waals surface area contributed by atoms with Crippen LogP contribution in [0.4, 0.5) is 0 Å². The highest BCUT2D eigenvalue weighted by molar-refractivity contribution is 5.89. The van der Waals surface area contributed by atoms with E-state index in [4.69, 9.17) is 19.0 Å². The number of aromatic carboxylic acids is 1. The lowest BCUT2D eigenvalue weighted by molar-refractivity contribution is -0.143. The Morgan fingerprint density at radius 1 is 1.20 bits per heavy atom.